The maximum Gasteiger partial charge on any atom is -0.0201 e. The Morgan fingerprint density at radius 1 is 1.05 bits per heavy atom. The van der Waals surface area contributed by atoms with Gasteiger partial charge in [-0.15, -0.1) is 0 Å². The summed E-state index contributed by atoms with van der Waals surface area (Å²) in [5, 5.41) is 0. The van der Waals surface area contributed by atoms with Gasteiger partial charge in [0.05, 0.1) is 0 Å². The molecule has 3 aliphatic carbocycles. The highest BCUT2D eigenvalue weighted by Crippen LogP contribution is 2.75. The fraction of sp³-hybridized carbons (Fsp3) is 0.900. The zero-order valence-electron chi connectivity index (χ0n) is 14.3. The Kier molecular flexibility index (Phi) is 3.58. The van der Waals surface area contributed by atoms with E-state index in [-0.39, 0.29) is 0 Å². The van der Waals surface area contributed by atoms with Gasteiger partial charge >= 0.3 is 0 Å². The lowest BCUT2D eigenvalue weighted by molar-refractivity contribution is 0.183. The molecule has 114 valence electrons. The molecule has 0 bridgehead atoms. The van der Waals surface area contributed by atoms with Gasteiger partial charge in [-0.1, -0.05) is 46.8 Å². The molecule has 0 spiro atoms. The van der Waals surface area contributed by atoms with Gasteiger partial charge in [-0.2, -0.15) is 0 Å². The lowest BCUT2D eigenvalue weighted by Gasteiger charge is -2.31. The van der Waals surface area contributed by atoms with E-state index in [2.05, 4.69) is 46.8 Å². The van der Waals surface area contributed by atoms with Gasteiger partial charge in [0.15, 0.2) is 0 Å². The minimum absolute atomic E-state index is 0.588. The normalized spacial score (nSPS) is 54.5. The van der Waals surface area contributed by atoms with E-state index in [1.165, 1.54) is 38.5 Å². The molecule has 2 saturated carbocycles. The standard InChI is InChI=1S/C20H34/c1-14-6-8-16(3)19(5)13-20(19,17(4)9-7-14)11-10-18-12-15(18)2/h6,8,14-18H,7,9-13H2,1-5H3. The van der Waals surface area contributed by atoms with Crippen LogP contribution in [-0.4, -0.2) is 0 Å². The van der Waals surface area contributed by atoms with E-state index in [1.54, 1.807) is 0 Å². The van der Waals surface area contributed by atoms with Crippen molar-refractivity contribution in [3.05, 3.63) is 12.2 Å². The van der Waals surface area contributed by atoms with Crippen molar-refractivity contribution in [1.82, 2.24) is 0 Å². The van der Waals surface area contributed by atoms with Crippen molar-refractivity contribution in [2.75, 3.05) is 0 Å². The molecule has 0 heterocycles. The fourth-order valence-corrected chi connectivity index (χ4v) is 5.28. The molecule has 3 rings (SSSR count). The smallest absolute Gasteiger partial charge is 0.0201 e. The second-order valence-corrected chi connectivity index (χ2v) is 8.89. The SMILES string of the molecule is CC1C=CC(C)C2(C)CC2(CCC2CC2C)C(C)CC1. The van der Waals surface area contributed by atoms with Crippen molar-refractivity contribution >= 4 is 0 Å². The molecule has 0 aromatic carbocycles. The highest BCUT2D eigenvalue weighted by molar-refractivity contribution is 5.19. The first-order valence-corrected chi connectivity index (χ1v) is 9.07. The Morgan fingerprint density at radius 2 is 1.75 bits per heavy atom. The molecule has 7 unspecified atom stereocenters. The van der Waals surface area contributed by atoms with Crippen LogP contribution in [0.5, 0.6) is 0 Å². The summed E-state index contributed by atoms with van der Waals surface area (Å²) < 4.78 is 0. The molecule has 20 heavy (non-hydrogen) atoms. The minimum atomic E-state index is 0.588. The van der Waals surface area contributed by atoms with Gasteiger partial charge in [0.2, 0.25) is 0 Å². The van der Waals surface area contributed by atoms with Gasteiger partial charge < -0.3 is 0 Å². The van der Waals surface area contributed by atoms with Gasteiger partial charge in [-0.3, -0.25) is 0 Å². The molecule has 0 saturated heterocycles. The van der Waals surface area contributed by atoms with Crippen LogP contribution in [0.3, 0.4) is 0 Å². The predicted molar refractivity (Wildman–Crippen MR) is 87.5 cm³/mol. The van der Waals surface area contributed by atoms with Crippen LogP contribution >= 0.6 is 0 Å². The van der Waals surface area contributed by atoms with Crippen LogP contribution < -0.4 is 0 Å². The molecule has 7 atom stereocenters. The molecule has 0 radical (unpaired) electrons. The molecule has 0 aromatic heterocycles. The minimum Gasteiger partial charge on any atom is -0.0854 e. The number of hydrogen-bond acceptors (Lipinski definition) is 0. The first-order valence-electron chi connectivity index (χ1n) is 9.07. The third-order valence-corrected chi connectivity index (χ3v) is 7.66. The van der Waals surface area contributed by atoms with Crippen LogP contribution in [0.1, 0.15) is 73.1 Å². The van der Waals surface area contributed by atoms with Gasteiger partial charge in [0, 0.05) is 0 Å². The summed E-state index contributed by atoms with van der Waals surface area (Å²) in [6.45, 7) is 12.5. The van der Waals surface area contributed by atoms with Crippen LogP contribution in [0.25, 0.3) is 0 Å². The fourth-order valence-electron chi connectivity index (χ4n) is 5.28. The zero-order valence-corrected chi connectivity index (χ0v) is 14.3. The summed E-state index contributed by atoms with van der Waals surface area (Å²) >= 11 is 0. The second-order valence-electron chi connectivity index (χ2n) is 8.89. The van der Waals surface area contributed by atoms with E-state index in [0.29, 0.717) is 10.8 Å². The molecule has 2 fully saturated rings. The van der Waals surface area contributed by atoms with Crippen molar-refractivity contribution in [2.45, 2.75) is 73.1 Å². The third-order valence-electron chi connectivity index (χ3n) is 7.66. The predicted octanol–water partition coefficient (Wildman–Crippen LogP) is 6.08. The van der Waals surface area contributed by atoms with Crippen molar-refractivity contribution < 1.29 is 0 Å². The maximum atomic E-state index is 2.59. The van der Waals surface area contributed by atoms with Crippen LogP contribution in [0.2, 0.25) is 0 Å². The Hall–Kier alpha value is -0.260. The van der Waals surface area contributed by atoms with Crippen molar-refractivity contribution in [2.24, 2.45) is 40.4 Å². The number of allylic oxidation sites excluding steroid dienone is 2. The van der Waals surface area contributed by atoms with Crippen molar-refractivity contribution in [1.29, 1.82) is 0 Å². The Labute approximate surface area is 126 Å². The summed E-state index contributed by atoms with van der Waals surface area (Å²) in [4.78, 5) is 0. The van der Waals surface area contributed by atoms with E-state index >= 15 is 0 Å². The van der Waals surface area contributed by atoms with Gasteiger partial charge in [-0.05, 0) is 78.9 Å². The molecule has 0 aromatic rings. The average Bonchev–Trinajstić information content (AvgIpc) is 3.27. The van der Waals surface area contributed by atoms with E-state index in [1.807, 2.05) is 0 Å². The first kappa shape index (κ1) is 14.7. The van der Waals surface area contributed by atoms with E-state index in [0.717, 1.165) is 29.6 Å². The number of fused-ring (bicyclic) bond motifs is 1. The van der Waals surface area contributed by atoms with E-state index in [4.69, 9.17) is 0 Å². The Balaban J connectivity index is 1.75. The van der Waals surface area contributed by atoms with Crippen LogP contribution in [-0.2, 0) is 0 Å². The molecular weight excluding hydrogens is 240 g/mol. The third kappa shape index (κ3) is 2.28. The van der Waals surface area contributed by atoms with Crippen molar-refractivity contribution in [3.8, 4) is 0 Å². The summed E-state index contributed by atoms with van der Waals surface area (Å²) in [6, 6.07) is 0. The number of hydrogen-bond donors (Lipinski definition) is 0. The van der Waals surface area contributed by atoms with Crippen LogP contribution in [0.4, 0.5) is 0 Å². The molecule has 3 aliphatic rings. The Bertz CT molecular complexity index is 395. The van der Waals surface area contributed by atoms with Crippen LogP contribution in [0.15, 0.2) is 12.2 Å². The maximum absolute atomic E-state index is 2.59. The molecule has 0 aliphatic heterocycles. The van der Waals surface area contributed by atoms with E-state index in [9.17, 15) is 0 Å². The largest absolute Gasteiger partial charge is 0.0854 e. The second kappa shape index (κ2) is 4.89. The van der Waals surface area contributed by atoms with E-state index < -0.39 is 0 Å². The molecule has 0 N–H and O–H groups in total. The highest BCUT2D eigenvalue weighted by atomic mass is 14.7. The quantitative estimate of drug-likeness (QED) is 0.547. The molecule has 0 heteroatoms. The lowest BCUT2D eigenvalue weighted by atomic mass is 9.73. The van der Waals surface area contributed by atoms with Crippen molar-refractivity contribution in [3.63, 3.8) is 0 Å². The molecule has 0 nitrogen and oxygen atoms in total. The van der Waals surface area contributed by atoms with Gasteiger partial charge in [0.25, 0.3) is 0 Å². The lowest BCUT2D eigenvalue weighted by Crippen LogP contribution is -2.24. The topological polar surface area (TPSA) is 0 Å². The summed E-state index contributed by atoms with van der Waals surface area (Å²) in [5.74, 6) is 4.56. The Morgan fingerprint density at radius 3 is 2.40 bits per heavy atom. The summed E-state index contributed by atoms with van der Waals surface area (Å²) in [7, 11) is 0. The number of rotatable bonds is 3. The van der Waals surface area contributed by atoms with Gasteiger partial charge in [0.1, 0.15) is 0 Å². The van der Waals surface area contributed by atoms with Gasteiger partial charge in [-0.25, -0.2) is 0 Å². The monoisotopic (exact) mass is 274 g/mol. The summed E-state index contributed by atoms with van der Waals surface area (Å²) in [5.41, 5.74) is 1.26. The first-order chi connectivity index (χ1) is 9.39. The average molecular weight is 274 g/mol. The molecular formula is C20H34. The van der Waals surface area contributed by atoms with Crippen LogP contribution in [0, 0.1) is 40.4 Å². The highest BCUT2D eigenvalue weighted by Gasteiger charge is 2.67. The summed E-state index contributed by atoms with van der Waals surface area (Å²) in [6.07, 6.45) is 13.9. The zero-order chi connectivity index (χ0) is 14.5. The molecule has 0 amide bonds.